The van der Waals surface area contributed by atoms with Crippen LogP contribution in [0.5, 0.6) is 0 Å². The van der Waals surface area contributed by atoms with E-state index in [1.807, 2.05) is 0 Å². The third-order valence-electron chi connectivity index (χ3n) is 10.2. The van der Waals surface area contributed by atoms with E-state index in [0.29, 0.717) is 5.92 Å². The first-order chi connectivity index (χ1) is 19.5. The van der Waals surface area contributed by atoms with Crippen LogP contribution in [0.15, 0.2) is 108 Å². The lowest BCUT2D eigenvalue weighted by molar-refractivity contribution is 0.209. The molecule has 3 atom stereocenters. The van der Waals surface area contributed by atoms with Gasteiger partial charge in [-0.25, -0.2) is 0 Å². The number of allylic oxidation sites excluding steroid dienone is 6. The maximum atomic E-state index is 7.75. The molecular formula is C39H54OSi. The fraction of sp³-hybridized carbons (Fsp3) is 0.487. The van der Waals surface area contributed by atoms with Gasteiger partial charge in [-0.1, -0.05) is 130 Å². The Morgan fingerprint density at radius 1 is 0.780 bits per heavy atom. The Labute approximate surface area is 252 Å². The van der Waals surface area contributed by atoms with Crippen LogP contribution in [0.4, 0.5) is 0 Å². The van der Waals surface area contributed by atoms with Crippen LogP contribution in [0, 0.1) is 11.3 Å². The van der Waals surface area contributed by atoms with E-state index in [4.69, 9.17) is 4.43 Å². The summed E-state index contributed by atoms with van der Waals surface area (Å²) in [6.07, 6.45) is 16.5. The van der Waals surface area contributed by atoms with Crippen LogP contribution in [0.25, 0.3) is 0 Å². The van der Waals surface area contributed by atoms with E-state index in [9.17, 15) is 0 Å². The summed E-state index contributed by atoms with van der Waals surface area (Å²) in [7, 11) is -2.66. The first kappa shape index (κ1) is 31.5. The highest BCUT2D eigenvalue weighted by Crippen LogP contribution is 2.51. The Balaban J connectivity index is 1.79. The molecule has 1 nitrogen and oxygen atoms in total. The summed E-state index contributed by atoms with van der Waals surface area (Å²) in [5.74, 6) is 0.632. The van der Waals surface area contributed by atoms with Crippen molar-refractivity contribution < 1.29 is 4.43 Å². The summed E-state index contributed by atoms with van der Waals surface area (Å²) in [6.45, 7) is 21.2. The summed E-state index contributed by atoms with van der Waals surface area (Å²) in [4.78, 5) is 0. The topological polar surface area (TPSA) is 9.23 Å². The summed E-state index contributed by atoms with van der Waals surface area (Å²) in [5.41, 5.74) is 6.01. The molecule has 0 aliphatic heterocycles. The number of benzene rings is 2. The third-order valence-corrected chi connectivity index (χ3v) is 15.2. The minimum atomic E-state index is -2.66. The standard InChI is InChI=1S/C39H54OSi/c1-30-16-15-17-31(2)28-29-39(8)33(4)24-26-34(39)25-23-32(3)37(27-22-30)40-41(38(5,6)7,35-18-11-9-12-19-35)36-20-13-10-14-21-36/h9-14,16,18-21,23,28,34,37H,4,15,17,22,24-27,29H2,1-3,5-8H3/b30-16+,31-28+,32-23+/t34-,37?,39-/m0/s1. The summed E-state index contributed by atoms with van der Waals surface area (Å²) < 4.78 is 7.75. The van der Waals surface area contributed by atoms with Crippen molar-refractivity contribution in [2.24, 2.45) is 11.3 Å². The number of fused-ring (bicyclic) bond motifs is 1. The fourth-order valence-electron chi connectivity index (χ4n) is 7.17. The second-order valence-corrected chi connectivity index (χ2v) is 18.3. The molecule has 2 heteroatoms. The van der Waals surface area contributed by atoms with E-state index in [-0.39, 0.29) is 16.6 Å². The molecule has 0 amide bonds. The Morgan fingerprint density at radius 3 is 1.95 bits per heavy atom. The minimum Gasteiger partial charge on any atom is -0.401 e. The maximum absolute atomic E-state index is 7.75. The summed E-state index contributed by atoms with van der Waals surface area (Å²) in [5, 5.41) is 2.68. The molecule has 0 saturated heterocycles. The second-order valence-electron chi connectivity index (χ2n) is 14.1. The van der Waals surface area contributed by atoms with Crippen LogP contribution in [-0.4, -0.2) is 14.4 Å². The van der Waals surface area contributed by atoms with Crippen LogP contribution >= 0.6 is 0 Å². The third kappa shape index (κ3) is 6.97. The lowest BCUT2D eigenvalue weighted by Gasteiger charge is -2.45. The second kappa shape index (κ2) is 13.3. The normalized spacial score (nSPS) is 29.1. The molecule has 0 radical (unpaired) electrons. The molecule has 0 spiro atoms. The lowest BCUT2D eigenvalue weighted by Crippen LogP contribution is -2.67. The quantitative estimate of drug-likeness (QED) is 0.264. The van der Waals surface area contributed by atoms with Crippen LogP contribution in [0.2, 0.25) is 5.04 Å². The molecule has 0 N–H and O–H groups in total. The van der Waals surface area contributed by atoms with Gasteiger partial charge in [0.25, 0.3) is 8.32 Å². The average Bonchev–Trinajstić information content (AvgIpc) is 3.23. The average molecular weight is 567 g/mol. The Hall–Kier alpha value is -2.42. The van der Waals surface area contributed by atoms with Gasteiger partial charge in [0.2, 0.25) is 0 Å². The Bertz CT molecular complexity index is 1220. The zero-order valence-corrected chi connectivity index (χ0v) is 27.9. The highest BCUT2D eigenvalue weighted by Gasteiger charge is 2.51. The zero-order chi connectivity index (χ0) is 29.7. The van der Waals surface area contributed by atoms with Crippen molar-refractivity contribution >= 4 is 18.7 Å². The van der Waals surface area contributed by atoms with E-state index >= 15 is 0 Å². The monoisotopic (exact) mass is 566 g/mol. The van der Waals surface area contributed by atoms with Gasteiger partial charge in [0, 0.05) is 0 Å². The van der Waals surface area contributed by atoms with E-state index < -0.39 is 8.32 Å². The molecule has 4 rings (SSSR count). The Morgan fingerprint density at radius 2 is 1.37 bits per heavy atom. The smallest absolute Gasteiger partial charge is 0.261 e. The van der Waals surface area contributed by atoms with E-state index in [0.717, 1.165) is 44.9 Å². The minimum absolute atomic E-state index is 0.0389. The van der Waals surface area contributed by atoms with E-state index in [2.05, 4.69) is 134 Å². The predicted octanol–water partition coefficient (Wildman–Crippen LogP) is 10.1. The predicted molar refractivity (Wildman–Crippen MR) is 181 cm³/mol. The molecule has 1 fully saturated rings. The molecule has 2 aromatic carbocycles. The molecule has 1 unspecified atom stereocenters. The van der Waals surface area contributed by atoms with Gasteiger partial charge >= 0.3 is 0 Å². The van der Waals surface area contributed by atoms with Crippen molar-refractivity contribution in [2.75, 3.05) is 0 Å². The van der Waals surface area contributed by atoms with Crippen molar-refractivity contribution in [2.45, 2.75) is 111 Å². The molecule has 2 aliphatic carbocycles. The van der Waals surface area contributed by atoms with Gasteiger partial charge in [0.05, 0.1) is 6.10 Å². The largest absolute Gasteiger partial charge is 0.401 e. The molecule has 41 heavy (non-hydrogen) atoms. The van der Waals surface area contributed by atoms with Gasteiger partial charge in [-0.05, 0) is 104 Å². The van der Waals surface area contributed by atoms with Crippen molar-refractivity contribution in [1.29, 1.82) is 0 Å². The first-order valence-electron chi connectivity index (χ1n) is 15.9. The lowest BCUT2D eigenvalue weighted by atomic mass is 9.73. The number of hydrogen-bond donors (Lipinski definition) is 0. The van der Waals surface area contributed by atoms with Crippen LogP contribution in [-0.2, 0) is 4.43 Å². The van der Waals surface area contributed by atoms with Crippen molar-refractivity contribution in [1.82, 2.24) is 0 Å². The highest BCUT2D eigenvalue weighted by molar-refractivity contribution is 6.99. The van der Waals surface area contributed by atoms with E-state index in [1.165, 1.54) is 39.1 Å². The van der Waals surface area contributed by atoms with Gasteiger partial charge in [-0.3, -0.25) is 0 Å². The van der Waals surface area contributed by atoms with Gasteiger partial charge in [-0.2, -0.15) is 0 Å². The first-order valence-corrected chi connectivity index (χ1v) is 17.8. The zero-order valence-electron chi connectivity index (χ0n) is 26.9. The number of rotatable bonds is 4. The van der Waals surface area contributed by atoms with Crippen LogP contribution in [0.3, 0.4) is 0 Å². The molecule has 0 aromatic heterocycles. The molecule has 220 valence electrons. The molecule has 2 aromatic rings. The number of hydrogen-bond acceptors (Lipinski definition) is 1. The van der Waals surface area contributed by atoms with Gasteiger partial charge < -0.3 is 4.43 Å². The fourth-order valence-corrected chi connectivity index (χ4v) is 11.9. The van der Waals surface area contributed by atoms with Crippen LogP contribution < -0.4 is 10.4 Å². The van der Waals surface area contributed by atoms with Crippen LogP contribution in [0.1, 0.15) is 99.8 Å². The van der Waals surface area contributed by atoms with Gasteiger partial charge in [0.1, 0.15) is 0 Å². The van der Waals surface area contributed by atoms with Crippen molar-refractivity contribution in [3.8, 4) is 0 Å². The molecule has 0 heterocycles. The maximum Gasteiger partial charge on any atom is 0.261 e. The van der Waals surface area contributed by atoms with E-state index in [1.54, 1.807) is 0 Å². The van der Waals surface area contributed by atoms with Crippen molar-refractivity contribution in [3.05, 3.63) is 108 Å². The highest BCUT2D eigenvalue weighted by atomic mass is 28.4. The SMILES string of the molecule is C=C1CC[C@@H]2C/C=C(\C)C(O[Si](c3ccccc3)(c3ccccc3)C(C)(C)C)CC/C(C)=C/CC/C(C)=C/C[C@@]12C. The molecule has 2 aliphatic rings. The summed E-state index contributed by atoms with van der Waals surface area (Å²) in [6, 6.07) is 22.2. The van der Waals surface area contributed by atoms with Gasteiger partial charge in [-0.15, -0.1) is 0 Å². The van der Waals surface area contributed by atoms with Gasteiger partial charge in [0.15, 0.2) is 0 Å². The molecule has 0 bridgehead atoms. The summed E-state index contributed by atoms with van der Waals surface area (Å²) >= 11 is 0. The van der Waals surface area contributed by atoms with Crippen molar-refractivity contribution in [3.63, 3.8) is 0 Å². The molecular weight excluding hydrogens is 513 g/mol. The Kier molecular flexibility index (Phi) is 10.2. The molecule has 1 saturated carbocycles.